The van der Waals surface area contributed by atoms with Crippen molar-refractivity contribution in [3.05, 3.63) is 0 Å². The SMILES string of the molecule is CCCCCN(C(=O)N[C@H](CC(C)C)C(=O)O)C(C)C. The number of nitrogens with one attached hydrogen (secondary N) is 1. The summed E-state index contributed by atoms with van der Waals surface area (Å²) in [6, 6.07) is -1.01. The highest BCUT2D eigenvalue weighted by Gasteiger charge is 2.24. The van der Waals surface area contributed by atoms with Crippen molar-refractivity contribution in [1.82, 2.24) is 10.2 Å². The van der Waals surface area contributed by atoms with Crippen LogP contribution in [0.1, 0.15) is 60.3 Å². The van der Waals surface area contributed by atoms with Gasteiger partial charge in [0.15, 0.2) is 0 Å². The Hall–Kier alpha value is -1.26. The van der Waals surface area contributed by atoms with Crippen LogP contribution in [0, 0.1) is 5.92 Å². The molecule has 0 saturated carbocycles. The molecule has 5 nitrogen and oxygen atoms in total. The zero-order valence-electron chi connectivity index (χ0n) is 13.5. The van der Waals surface area contributed by atoms with Crippen molar-refractivity contribution in [2.24, 2.45) is 5.92 Å². The molecule has 2 N–H and O–H groups in total. The van der Waals surface area contributed by atoms with Gasteiger partial charge in [0, 0.05) is 12.6 Å². The molecule has 0 saturated heterocycles. The van der Waals surface area contributed by atoms with E-state index in [0.29, 0.717) is 13.0 Å². The molecule has 118 valence electrons. The van der Waals surface area contributed by atoms with E-state index in [-0.39, 0.29) is 18.0 Å². The highest BCUT2D eigenvalue weighted by molar-refractivity contribution is 5.82. The Morgan fingerprint density at radius 1 is 1.15 bits per heavy atom. The molecule has 0 unspecified atom stereocenters. The van der Waals surface area contributed by atoms with Crippen LogP contribution in [-0.4, -0.2) is 40.6 Å². The van der Waals surface area contributed by atoms with Gasteiger partial charge in [-0.05, 0) is 32.6 Å². The maximum Gasteiger partial charge on any atom is 0.326 e. The van der Waals surface area contributed by atoms with Gasteiger partial charge in [0.2, 0.25) is 0 Å². The molecule has 5 heteroatoms. The van der Waals surface area contributed by atoms with Crippen molar-refractivity contribution in [3.63, 3.8) is 0 Å². The van der Waals surface area contributed by atoms with E-state index in [1.807, 2.05) is 27.7 Å². The van der Waals surface area contributed by atoms with Crippen LogP contribution in [0.3, 0.4) is 0 Å². The van der Waals surface area contributed by atoms with E-state index in [4.69, 9.17) is 0 Å². The summed E-state index contributed by atoms with van der Waals surface area (Å²) in [6.07, 6.45) is 3.56. The Labute approximate surface area is 122 Å². The zero-order chi connectivity index (χ0) is 15.7. The Balaban J connectivity index is 4.58. The average molecular weight is 286 g/mol. The van der Waals surface area contributed by atoms with Crippen LogP contribution in [0.25, 0.3) is 0 Å². The number of carboxylic acid groups (broad SMARTS) is 1. The Morgan fingerprint density at radius 2 is 1.75 bits per heavy atom. The first-order valence-electron chi connectivity index (χ1n) is 7.59. The normalized spacial score (nSPS) is 12.6. The van der Waals surface area contributed by atoms with Gasteiger partial charge in [-0.25, -0.2) is 9.59 Å². The molecule has 0 spiro atoms. The van der Waals surface area contributed by atoms with Crippen molar-refractivity contribution in [2.45, 2.75) is 72.4 Å². The maximum absolute atomic E-state index is 12.2. The van der Waals surface area contributed by atoms with Crippen LogP contribution >= 0.6 is 0 Å². The van der Waals surface area contributed by atoms with Crippen LogP contribution in [0.2, 0.25) is 0 Å². The van der Waals surface area contributed by atoms with Crippen LogP contribution in [0.4, 0.5) is 4.79 Å². The summed E-state index contributed by atoms with van der Waals surface area (Å²) in [5.41, 5.74) is 0. The maximum atomic E-state index is 12.2. The molecule has 0 fully saturated rings. The number of hydrogen-bond acceptors (Lipinski definition) is 2. The van der Waals surface area contributed by atoms with Crippen molar-refractivity contribution >= 4 is 12.0 Å². The molecular weight excluding hydrogens is 256 g/mol. The first-order valence-corrected chi connectivity index (χ1v) is 7.59. The second-order valence-corrected chi connectivity index (χ2v) is 5.96. The van der Waals surface area contributed by atoms with Gasteiger partial charge >= 0.3 is 12.0 Å². The minimum Gasteiger partial charge on any atom is -0.480 e. The fourth-order valence-corrected chi connectivity index (χ4v) is 2.05. The van der Waals surface area contributed by atoms with E-state index in [2.05, 4.69) is 12.2 Å². The van der Waals surface area contributed by atoms with Gasteiger partial charge in [-0.15, -0.1) is 0 Å². The van der Waals surface area contributed by atoms with Crippen LogP contribution in [0.15, 0.2) is 0 Å². The summed E-state index contributed by atoms with van der Waals surface area (Å²) in [6.45, 7) is 10.6. The molecule has 2 amide bonds. The summed E-state index contributed by atoms with van der Waals surface area (Å²) < 4.78 is 0. The molecule has 0 aliphatic heterocycles. The smallest absolute Gasteiger partial charge is 0.326 e. The highest BCUT2D eigenvalue weighted by Crippen LogP contribution is 2.08. The number of carboxylic acids is 1. The summed E-state index contributed by atoms with van der Waals surface area (Å²) in [5, 5.41) is 11.8. The Kier molecular flexibility index (Phi) is 9.01. The minimum atomic E-state index is -0.968. The summed E-state index contributed by atoms with van der Waals surface area (Å²) in [7, 11) is 0. The van der Waals surface area contributed by atoms with E-state index >= 15 is 0 Å². The number of aliphatic carboxylic acids is 1. The number of unbranched alkanes of at least 4 members (excludes halogenated alkanes) is 2. The van der Waals surface area contributed by atoms with Crippen LogP contribution < -0.4 is 5.32 Å². The van der Waals surface area contributed by atoms with Gasteiger partial charge in [0.05, 0.1) is 0 Å². The number of carbonyl (C=O) groups excluding carboxylic acids is 1. The topological polar surface area (TPSA) is 69.6 Å². The molecule has 0 rings (SSSR count). The largest absolute Gasteiger partial charge is 0.480 e. The molecule has 0 heterocycles. The number of hydrogen-bond donors (Lipinski definition) is 2. The van der Waals surface area contributed by atoms with Crippen LogP contribution in [-0.2, 0) is 4.79 Å². The molecule has 0 aromatic rings. The lowest BCUT2D eigenvalue weighted by Gasteiger charge is -2.29. The van der Waals surface area contributed by atoms with E-state index < -0.39 is 12.0 Å². The first-order chi connectivity index (χ1) is 9.29. The monoisotopic (exact) mass is 286 g/mol. The number of carbonyl (C=O) groups is 2. The third-order valence-corrected chi connectivity index (χ3v) is 3.19. The van der Waals surface area contributed by atoms with Crippen molar-refractivity contribution < 1.29 is 14.7 Å². The lowest BCUT2D eigenvalue weighted by atomic mass is 10.0. The lowest BCUT2D eigenvalue weighted by Crippen LogP contribution is -2.50. The Bertz CT molecular complexity index is 303. The second-order valence-electron chi connectivity index (χ2n) is 5.96. The minimum absolute atomic E-state index is 0.0698. The van der Waals surface area contributed by atoms with E-state index in [9.17, 15) is 14.7 Å². The summed E-state index contributed by atoms with van der Waals surface area (Å²) >= 11 is 0. The van der Waals surface area contributed by atoms with Crippen molar-refractivity contribution in [1.29, 1.82) is 0 Å². The van der Waals surface area contributed by atoms with E-state index in [1.165, 1.54) is 0 Å². The zero-order valence-corrected chi connectivity index (χ0v) is 13.5. The van der Waals surface area contributed by atoms with Gasteiger partial charge in [-0.2, -0.15) is 0 Å². The van der Waals surface area contributed by atoms with Crippen molar-refractivity contribution in [2.75, 3.05) is 6.54 Å². The average Bonchev–Trinajstić information content (AvgIpc) is 2.32. The number of amides is 2. The second kappa shape index (κ2) is 9.61. The fraction of sp³-hybridized carbons (Fsp3) is 0.867. The van der Waals surface area contributed by atoms with E-state index in [1.54, 1.807) is 4.90 Å². The molecule has 0 radical (unpaired) electrons. The molecule has 0 aromatic heterocycles. The summed E-state index contributed by atoms with van der Waals surface area (Å²) in [5.74, 6) is -0.742. The molecule has 0 bridgehead atoms. The van der Waals surface area contributed by atoms with Crippen molar-refractivity contribution in [3.8, 4) is 0 Å². The summed E-state index contributed by atoms with van der Waals surface area (Å²) in [4.78, 5) is 25.1. The third-order valence-electron chi connectivity index (χ3n) is 3.19. The predicted molar refractivity (Wildman–Crippen MR) is 80.8 cm³/mol. The number of rotatable bonds is 9. The lowest BCUT2D eigenvalue weighted by molar-refractivity contribution is -0.139. The molecule has 20 heavy (non-hydrogen) atoms. The Morgan fingerprint density at radius 3 is 2.15 bits per heavy atom. The van der Waals surface area contributed by atoms with Gasteiger partial charge < -0.3 is 15.3 Å². The fourth-order valence-electron chi connectivity index (χ4n) is 2.05. The number of urea groups is 1. The molecule has 0 aromatic carbocycles. The van der Waals surface area contributed by atoms with E-state index in [0.717, 1.165) is 19.3 Å². The first kappa shape index (κ1) is 18.7. The predicted octanol–water partition coefficient (Wildman–Crippen LogP) is 3.10. The van der Waals surface area contributed by atoms with Crippen LogP contribution in [0.5, 0.6) is 0 Å². The van der Waals surface area contributed by atoms with Gasteiger partial charge in [0.25, 0.3) is 0 Å². The molecule has 0 aliphatic rings. The molecule has 0 aliphatic carbocycles. The van der Waals surface area contributed by atoms with Gasteiger partial charge in [0.1, 0.15) is 6.04 Å². The quantitative estimate of drug-likeness (QED) is 0.640. The standard InChI is InChI=1S/C15H30N2O3/c1-6-7-8-9-17(12(4)5)15(20)16-13(14(18)19)10-11(2)3/h11-13H,6-10H2,1-5H3,(H,16,20)(H,18,19)/t13-/m1/s1. The van der Waals surface area contributed by atoms with Gasteiger partial charge in [-0.3, -0.25) is 0 Å². The third kappa shape index (κ3) is 7.36. The number of nitrogens with zero attached hydrogens (tertiary/aromatic N) is 1. The molecule has 1 atom stereocenters. The van der Waals surface area contributed by atoms with Gasteiger partial charge in [-0.1, -0.05) is 33.6 Å². The highest BCUT2D eigenvalue weighted by atomic mass is 16.4. The molecular formula is C15H30N2O3.